The van der Waals surface area contributed by atoms with Crippen molar-refractivity contribution in [2.75, 3.05) is 18.4 Å². The molecule has 2 rings (SSSR count). The van der Waals surface area contributed by atoms with Crippen LogP contribution >= 0.6 is 0 Å². The minimum Gasteiger partial charge on any atom is -0.508 e. The molecule has 0 saturated heterocycles. The number of nitrogens with one attached hydrogen (secondary N) is 1. The van der Waals surface area contributed by atoms with Crippen LogP contribution in [0.5, 0.6) is 5.75 Å². The zero-order valence-electron chi connectivity index (χ0n) is 10.7. The van der Waals surface area contributed by atoms with Crippen LogP contribution in [0.4, 0.5) is 5.95 Å². The summed E-state index contributed by atoms with van der Waals surface area (Å²) in [5, 5.41) is 12.4. The van der Waals surface area contributed by atoms with Crippen molar-refractivity contribution in [3.8, 4) is 5.75 Å². The summed E-state index contributed by atoms with van der Waals surface area (Å²) < 4.78 is 0. The largest absolute Gasteiger partial charge is 0.508 e. The number of benzene rings is 1. The Balaban J connectivity index is 2.00. The van der Waals surface area contributed by atoms with Gasteiger partial charge in [0.1, 0.15) is 5.75 Å². The third kappa shape index (κ3) is 4.22. The molecule has 4 N–H and O–H groups in total. The Morgan fingerprint density at radius 2 is 1.95 bits per heavy atom. The summed E-state index contributed by atoms with van der Waals surface area (Å²) in [6.07, 6.45) is 3.35. The molecule has 0 amide bonds. The third-order valence-electron chi connectivity index (χ3n) is 2.70. The lowest BCUT2D eigenvalue weighted by Gasteiger charge is -2.06. The predicted octanol–water partition coefficient (Wildman–Crippen LogP) is 1.53. The van der Waals surface area contributed by atoms with Crippen LogP contribution < -0.4 is 11.1 Å². The van der Waals surface area contributed by atoms with E-state index in [4.69, 9.17) is 5.73 Å². The van der Waals surface area contributed by atoms with Crippen molar-refractivity contribution in [1.82, 2.24) is 9.97 Å². The molecule has 2 aromatic rings. The van der Waals surface area contributed by atoms with Gasteiger partial charge in [-0.15, -0.1) is 0 Å². The van der Waals surface area contributed by atoms with Crippen LogP contribution in [-0.2, 0) is 6.42 Å². The van der Waals surface area contributed by atoms with Gasteiger partial charge in [-0.3, -0.25) is 0 Å². The fourth-order valence-electron chi connectivity index (χ4n) is 1.70. The van der Waals surface area contributed by atoms with Crippen molar-refractivity contribution in [1.29, 1.82) is 0 Å². The van der Waals surface area contributed by atoms with Gasteiger partial charge in [0.15, 0.2) is 0 Å². The predicted molar refractivity (Wildman–Crippen MR) is 75.1 cm³/mol. The number of aromatic nitrogens is 2. The van der Waals surface area contributed by atoms with Gasteiger partial charge in [0.25, 0.3) is 0 Å². The summed E-state index contributed by atoms with van der Waals surface area (Å²) in [6.45, 7) is 1.43. The van der Waals surface area contributed by atoms with Gasteiger partial charge < -0.3 is 16.2 Å². The van der Waals surface area contributed by atoms with Gasteiger partial charge in [-0.25, -0.2) is 9.97 Å². The smallest absolute Gasteiger partial charge is 0.222 e. The number of aromatic hydroxyl groups is 1. The first-order valence-electron chi connectivity index (χ1n) is 6.31. The topological polar surface area (TPSA) is 84.1 Å². The van der Waals surface area contributed by atoms with Crippen molar-refractivity contribution < 1.29 is 5.11 Å². The van der Waals surface area contributed by atoms with Crippen molar-refractivity contribution in [2.45, 2.75) is 12.8 Å². The molecular formula is C14H18N4O. The molecule has 1 aromatic carbocycles. The van der Waals surface area contributed by atoms with Crippen molar-refractivity contribution in [2.24, 2.45) is 5.73 Å². The van der Waals surface area contributed by atoms with Crippen LogP contribution in [-0.4, -0.2) is 28.2 Å². The van der Waals surface area contributed by atoms with Crippen LogP contribution in [0.15, 0.2) is 36.5 Å². The number of nitrogens with zero attached hydrogens (tertiary/aromatic N) is 2. The maximum atomic E-state index is 9.24. The van der Waals surface area contributed by atoms with E-state index in [1.165, 1.54) is 0 Å². The van der Waals surface area contributed by atoms with Gasteiger partial charge in [0.05, 0.1) is 5.69 Å². The number of phenolic OH excluding ortho intramolecular Hbond substituents is 1. The number of rotatable bonds is 6. The van der Waals surface area contributed by atoms with E-state index in [0.29, 0.717) is 18.9 Å². The Kier molecular flexibility index (Phi) is 4.69. The van der Waals surface area contributed by atoms with Crippen molar-refractivity contribution in [3.05, 3.63) is 47.8 Å². The first kappa shape index (κ1) is 13.3. The molecule has 0 bridgehead atoms. The average molecular weight is 258 g/mol. The lowest BCUT2D eigenvalue weighted by Crippen LogP contribution is -2.11. The van der Waals surface area contributed by atoms with Crippen molar-refractivity contribution >= 4 is 5.95 Å². The fraction of sp³-hybridized carbons (Fsp3) is 0.286. The summed E-state index contributed by atoms with van der Waals surface area (Å²) >= 11 is 0. The number of hydrogen-bond acceptors (Lipinski definition) is 5. The Hall–Kier alpha value is -2.14. The second-order valence-corrected chi connectivity index (χ2v) is 4.28. The summed E-state index contributed by atoms with van der Waals surface area (Å²) in [7, 11) is 0. The molecule has 1 aromatic heterocycles. The van der Waals surface area contributed by atoms with Crippen LogP contribution in [0.3, 0.4) is 0 Å². The van der Waals surface area contributed by atoms with Crippen LogP contribution in [0.2, 0.25) is 0 Å². The van der Waals surface area contributed by atoms with Gasteiger partial charge in [-0.2, -0.15) is 0 Å². The minimum absolute atomic E-state index is 0.274. The Morgan fingerprint density at radius 1 is 1.16 bits per heavy atom. The van der Waals surface area contributed by atoms with Crippen molar-refractivity contribution in [3.63, 3.8) is 0 Å². The van der Waals surface area contributed by atoms with E-state index < -0.39 is 0 Å². The number of anilines is 1. The first-order chi connectivity index (χ1) is 9.28. The molecule has 0 saturated carbocycles. The molecule has 0 fully saturated rings. The molecule has 0 aliphatic carbocycles. The normalized spacial score (nSPS) is 10.4. The lowest BCUT2D eigenvalue weighted by molar-refractivity contribution is 0.475. The quantitative estimate of drug-likeness (QED) is 0.684. The van der Waals surface area contributed by atoms with Gasteiger partial charge in [-0.05, 0) is 36.7 Å². The molecule has 0 spiro atoms. The second-order valence-electron chi connectivity index (χ2n) is 4.28. The Morgan fingerprint density at radius 3 is 2.68 bits per heavy atom. The number of hydrogen-bond donors (Lipinski definition) is 3. The Bertz CT molecular complexity index is 513. The van der Waals surface area contributed by atoms with Crippen LogP contribution in [0.1, 0.15) is 17.7 Å². The average Bonchev–Trinajstić information content (AvgIpc) is 2.42. The van der Waals surface area contributed by atoms with Gasteiger partial charge in [0.2, 0.25) is 5.95 Å². The molecule has 100 valence electrons. The molecule has 0 aliphatic heterocycles. The highest BCUT2D eigenvalue weighted by atomic mass is 16.3. The maximum Gasteiger partial charge on any atom is 0.222 e. The number of phenols is 1. The van der Waals surface area contributed by atoms with E-state index in [1.54, 1.807) is 18.3 Å². The zero-order chi connectivity index (χ0) is 13.5. The summed E-state index contributed by atoms with van der Waals surface area (Å²) in [4.78, 5) is 8.60. The fourth-order valence-corrected chi connectivity index (χ4v) is 1.70. The summed E-state index contributed by atoms with van der Waals surface area (Å²) in [5.74, 6) is 0.903. The van der Waals surface area contributed by atoms with E-state index in [0.717, 1.165) is 24.2 Å². The SMILES string of the molecule is NCCCNc1nccc(Cc2ccc(O)cc2)n1. The van der Waals surface area contributed by atoms with Gasteiger partial charge >= 0.3 is 0 Å². The molecule has 0 unspecified atom stereocenters. The molecule has 5 heteroatoms. The van der Waals surface area contributed by atoms with E-state index in [9.17, 15) is 5.11 Å². The molecule has 0 atom stereocenters. The lowest BCUT2D eigenvalue weighted by atomic mass is 10.1. The molecule has 0 aliphatic rings. The van der Waals surface area contributed by atoms with E-state index >= 15 is 0 Å². The van der Waals surface area contributed by atoms with E-state index in [1.807, 2.05) is 18.2 Å². The molecular weight excluding hydrogens is 240 g/mol. The molecule has 0 radical (unpaired) electrons. The zero-order valence-corrected chi connectivity index (χ0v) is 10.7. The van der Waals surface area contributed by atoms with Gasteiger partial charge in [-0.1, -0.05) is 12.1 Å². The highest BCUT2D eigenvalue weighted by molar-refractivity contribution is 5.31. The van der Waals surface area contributed by atoms with E-state index in [-0.39, 0.29) is 5.75 Å². The standard InChI is InChI=1S/C14H18N4O/c15-7-1-8-16-14-17-9-6-12(18-14)10-11-2-4-13(19)5-3-11/h2-6,9,19H,1,7-8,10,15H2,(H,16,17,18). The molecule has 5 nitrogen and oxygen atoms in total. The Labute approximate surface area is 112 Å². The number of nitrogens with two attached hydrogens (primary N) is 1. The highest BCUT2D eigenvalue weighted by Gasteiger charge is 2.01. The first-order valence-corrected chi connectivity index (χ1v) is 6.31. The van der Waals surface area contributed by atoms with Crippen LogP contribution in [0.25, 0.3) is 0 Å². The minimum atomic E-state index is 0.274. The van der Waals surface area contributed by atoms with Gasteiger partial charge in [0, 0.05) is 19.2 Å². The molecule has 1 heterocycles. The molecule has 19 heavy (non-hydrogen) atoms. The second kappa shape index (κ2) is 6.70. The maximum absolute atomic E-state index is 9.24. The monoisotopic (exact) mass is 258 g/mol. The summed E-state index contributed by atoms with van der Waals surface area (Å²) in [5.41, 5.74) is 7.48. The highest BCUT2D eigenvalue weighted by Crippen LogP contribution is 2.13. The third-order valence-corrected chi connectivity index (χ3v) is 2.70. The van der Waals surface area contributed by atoms with Crippen LogP contribution in [0, 0.1) is 0 Å². The summed E-state index contributed by atoms with van der Waals surface area (Å²) in [6, 6.07) is 9.02. The van der Waals surface area contributed by atoms with E-state index in [2.05, 4.69) is 15.3 Å².